The van der Waals surface area contributed by atoms with Crippen LogP contribution >= 0.6 is 11.6 Å². The second-order valence-corrected chi connectivity index (χ2v) is 2.99. The van der Waals surface area contributed by atoms with Crippen LogP contribution in [0.25, 0.3) is 0 Å². The summed E-state index contributed by atoms with van der Waals surface area (Å²) in [6, 6.07) is 1.52. The smallest absolute Gasteiger partial charge is 0.268 e. The number of aromatic nitrogens is 1. The van der Waals surface area contributed by atoms with Crippen LogP contribution in [0.5, 0.6) is 5.75 Å². The monoisotopic (exact) mass is 246 g/mol. The second kappa shape index (κ2) is 4.86. The lowest BCUT2D eigenvalue weighted by Gasteiger charge is -2.10. The Kier molecular flexibility index (Phi) is 3.74. The van der Waals surface area contributed by atoms with Crippen molar-refractivity contribution in [2.24, 2.45) is 0 Å². The van der Waals surface area contributed by atoms with Gasteiger partial charge in [-0.2, -0.15) is 5.26 Å². The van der Waals surface area contributed by atoms with Gasteiger partial charge in [0.1, 0.15) is 11.8 Å². The zero-order valence-electron chi connectivity index (χ0n) is 8.00. The van der Waals surface area contributed by atoms with E-state index in [1.165, 1.54) is 6.07 Å². The highest BCUT2D eigenvalue weighted by molar-refractivity contribution is 6.68. The molecule has 0 radical (unpaired) electrons. The van der Waals surface area contributed by atoms with Gasteiger partial charge < -0.3 is 4.74 Å². The average molecular weight is 247 g/mol. The molecule has 0 aliphatic rings. The molecule has 1 rings (SSSR count). The number of rotatable bonds is 3. The van der Waals surface area contributed by atoms with Gasteiger partial charge in [0.15, 0.2) is 5.69 Å². The largest absolute Gasteiger partial charge is 0.495 e. The molecule has 0 unspecified atom stereocenters. The fourth-order valence-corrected chi connectivity index (χ4v) is 1.36. The van der Waals surface area contributed by atoms with Gasteiger partial charge in [-0.15, -0.1) is 0 Å². The average Bonchev–Trinajstić information content (AvgIpc) is 2.26. The number of nitrogens with zero attached hydrogens (tertiary/aromatic N) is 2. The Labute approximate surface area is 94.4 Å². The van der Waals surface area contributed by atoms with Gasteiger partial charge in [-0.05, 0) is 11.6 Å². The Balaban J connectivity index is 3.61. The first-order valence-electron chi connectivity index (χ1n) is 3.97. The molecule has 0 bridgehead atoms. The maximum atomic E-state index is 12.7. The van der Waals surface area contributed by atoms with Gasteiger partial charge in [0.05, 0.1) is 24.4 Å². The summed E-state index contributed by atoms with van der Waals surface area (Å²) in [5.74, 6) is -0.280. The van der Waals surface area contributed by atoms with Crippen LogP contribution in [0.15, 0.2) is 6.20 Å². The lowest BCUT2D eigenvalue weighted by atomic mass is 10.1. The predicted octanol–water partition coefficient (Wildman–Crippen LogP) is 2.28. The first kappa shape index (κ1) is 12.3. The number of carbonyl (C=O) groups is 1. The highest BCUT2D eigenvalue weighted by Gasteiger charge is 2.26. The van der Waals surface area contributed by atoms with Crippen molar-refractivity contribution in [3.63, 3.8) is 0 Å². The van der Waals surface area contributed by atoms with E-state index < -0.39 is 28.5 Å². The van der Waals surface area contributed by atoms with Crippen LogP contribution in [0.3, 0.4) is 0 Å². The molecule has 1 aromatic rings. The van der Waals surface area contributed by atoms with Crippen molar-refractivity contribution in [3.8, 4) is 11.8 Å². The minimum Gasteiger partial charge on any atom is -0.495 e. The van der Waals surface area contributed by atoms with E-state index in [0.717, 1.165) is 13.3 Å². The minimum atomic E-state index is -2.98. The van der Waals surface area contributed by atoms with E-state index in [1.807, 2.05) is 0 Å². The summed E-state index contributed by atoms with van der Waals surface area (Å²) in [5, 5.41) is 7.46. The zero-order chi connectivity index (χ0) is 12.3. The SMILES string of the molecule is COc1cnc(C#N)c(C(=O)Cl)c1C(F)F. The Morgan fingerprint density at radius 3 is 2.69 bits per heavy atom. The van der Waals surface area contributed by atoms with Crippen LogP contribution in [0.1, 0.15) is 28.0 Å². The van der Waals surface area contributed by atoms with E-state index in [4.69, 9.17) is 16.9 Å². The fourth-order valence-electron chi connectivity index (χ4n) is 1.17. The number of alkyl halides is 2. The van der Waals surface area contributed by atoms with Gasteiger partial charge in [0.2, 0.25) is 0 Å². The zero-order valence-corrected chi connectivity index (χ0v) is 8.76. The summed E-state index contributed by atoms with van der Waals surface area (Å²) in [5.41, 5.74) is -1.77. The van der Waals surface area contributed by atoms with E-state index in [-0.39, 0.29) is 5.75 Å². The van der Waals surface area contributed by atoms with E-state index in [1.54, 1.807) is 0 Å². The summed E-state index contributed by atoms with van der Waals surface area (Å²) < 4.78 is 30.1. The van der Waals surface area contributed by atoms with Gasteiger partial charge in [-0.3, -0.25) is 4.79 Å². The van der Waals surface area contributed by atoms with Crippen molar-refractivity contribution < 1.29 is 18.3 Å². The number of nitriles is 1. The molecule has 0 amide bonds. The molecule has 84 valence electrons. The van der Waals surface area contributed by atoms with Crippen LogP contribution in [-0.2, 0) is 0 Å². The minimum absolute atomic E-state index is 0.280. The van der Waals surface area contributed by atoms with Crippen LogP contribution in [0.2, 0.25) is 0 Å². The predicted molar refractivity (Wildman–Crippen MR) is 50.6 cm³/mol. The third-order valence-corrected chi connectivity index (χ3v) is 2.01. The van der Waals surface area contributed by atoms with Gasteiger partial charge in [-0.1, -0.05) is 0 Å². The summed E-state index contributed by atoms with van der Waals surface area (Å²) >= 11 is 5.15. The van der Waals surface area contributed by atoms with Crippen LogP contribution in [0.4, 0.5) is 8.78 Å². The summed E-state index contributed by atoms with van der Waals surface area (Å²) in [7, 11) is 1.15. The van der Waals surface area contributed by atoms with Gasteiger partial charge in [-0.25, -0.2) is 13.8 Å². The summed E-state index contributed by atoms with van der Waals surface area (Å²) in [4.78, 5) is 14.5. The third-order valence-electron chi connectivity index (χ3n) is 1.82. The highest BCUT2D eigenvalue weighted by atomic mass is 35.5. The third kappa shape index (κ3) is 2.09. The maximum absolute atomic E-state index is 12.7. The number of hydrogen-bond acceptors (Lipinski definition) is 4. The summed E-state index contributed by atoms with van der Waals surface area (Å²) in [6.45, 7) is 0. The number of ether oxygens (including phenoxy) is 1. The molecule has 1 heterocycles. The molecular weight excluding hydrogens is 242 g/mol. The molecule has 0 fully saturated rings. The molecule has 1 aromatic heterocycles. The first-order chi connectivity index (χ1) is 7.52. The molecule has 7 heteroatoms. The lowest BCUT2D eigenvalue weighted by Crippen LogP contribution is -2.06. The second-order valence-electron chi connectivity index (χ2n) is 2.65. The Morgan fingerprint density at radius 2 is 2.31 bits per heavy atom. The molecule has 0 N–H and O–H groups in total. The molecule has 0 aliphatic heterocycles. The number of methoxy groups -OCH3 is 1. The van der Waals surface area contributed by atoms with Gasteiger partial charge in [0, 0.05) is 0 Å². The van der Waals surface area contributed by atoms with E-state index in [0.29, 0.717) is 0 Å². The van der Waals surface area contributed by atoms with Crippen LogP contribution in [-0.4, -0.2) is 17.3 Å². The van der Waals surface area contributed by atoms with Crippen molar-refractivity contribution in [2.75, 3.05) is 7.11 Å². The van der Waals surface area contributed by atoms with Crippen LogP contribution in [0, 0.1) is 11.3 Å². The molecule has 0 spiro atoms. The van der Waals surface area contributed by atoms with Crippen molar-refractivity contribution in [1.29, 1.82) is 5.26 Å². The van der Waals surface area contributed by atoms with E-state index >= 15 is 0 Å². The highest BCUT2D eigenvalue weighted by Crippen LogP contribution is 2.33. The number of pyridine rings is 1. The number of carbonyl (C=O) groups excluding carboxylic acids is 1. The normalized spacial score (nSPS) is 10.0. The van der Waals surface area contributed by atoms with Crippen molar-refractivity contribution >= 4 is 16.8 Å². The van der Waals surface area contributed by atoms with E-state index in [9.17, 15) is 13.6 Å². The Hall–Kier alpha value is -1.74. The summed E-state index contributed by atoms with van der Waals surface area (Å²) in [6.07, 6.45) is -2.04. The van der Waals surface area contributed by atoms with Gasteiger partial charge >= 0.3 is 0 Å². The fraction of sp³-hybridized carbons (Fsp3) is 0.222. The van der Waals surface area contributed by atoms with Crippen molar-refractivity contribution in [2.45, 2.75) is 6.43 Å². The molecule has 0 saturated carbocycles. The molecule has 0 saturated heterocycles. The molecule has 0 aromatic carbocycles. The van der Waals surface area contributed by atoms with E-state index in [2.05, 4.69) is 9.72 Å². The molecule has 4 nitrogen and oxygen atoms in total. The van der Waals surface area contributed by atoms with Crippen LogP contribution < -0.4 is 4.74 Å². The van der Waals surface area contributed by atoms with Crippen molar-refractivity contribution in [3.05, 3.63) is 23.0 Å². The number of halogens is 3. The van der Waals surface area contributed by atoms with Gasteiger partial charge in [0.25, 0.3) is 11.7 Å². The molecular formula is C9H5ClF2N2O2. The topological polar surface area (TPSA) is 63.0 Å². The van der Waals surface area contributed by atoms with Crippen molar-refractivity contribution in [1.82, 2.24) is 4.98 Å². The Morgan fingerprint density at radius 1 is 1.69 bits per heavy atom. The lowest BCUT2D eigenvalue weighted by molar-refractivity contribution is 0.106. The molecule has 0 atom stereocenters. The number of hydrogen-bond donors (Lipinski definition) is 0. The Bertz CT molecular complexity index is 471. The molecule has 16 heavy (non-hydrogen) atoms. The molecule has 0 aliphatic carbocycles. The quantitative estimate of drug-likeness (QED) is 0.768. The maximum Gasteiger partial charge on any atom is 0.268 e. The standard InChI is InChI=1S/C9H5ClF2N2O2/c1-16-5-3-14-4(2-13)6(8(10)15)7(5)9(11)12/h3,9H,1H3. The first-order valence-corrected chi connectivity index (χ1v) is 4.35.